The Balaban J connectivity index is 0.992. The number of likely N-dealkylation sites (tertiary alicyclic amines) is 2. The summed E-state index contributed by atoms with van der Waals surface area (Å²) in [5, 5.41) is 8.32. The van der Waals surface area contributed by atoms with E-state index < -0.39 is 0 Å². The van der Waals surface area contributed by atoms with Gasteiger partial charge in [0.1, 0.15) is 0 Å². The highest BCUT2D eigenvalue weighted by atomic mass is 16.2. The molecule has 2 amide bonds. The van der Waals surface area contributed by atoms with E-state index in [1.54, 1.807) is 0 Å². The molecule has 1 spiro atoms. The van der Waals surface area contributed by atoms with Gasteiger partial charge in [0.25, 0.3) is 5.91 Å². The number of carbonyl (C=O) groups excluding carboxylic acids is 2. The Morgan fingerprint density at radius 3 is 2.43 bits per heavy atom. The third-order valence-electron chi connectivity index (χ3n) is 8.78. The largest absolute Gasteiger partial charge is 0.342 e. The third-order valence-corrected chi connectivity index (χ3v) is 8.78. The molecule has 0 saturated carbocycles. The summed E-state index contributed by atoms with van der Waals surface area (Å²) in [7, 11) is 0. The lowest BCUT2D eigenvalue weighted by Crippen LogP contribution is -2.62. The minimum Gasteiger partial charge on any atom is -0.342 e. The van der Waals surface area contributed by atoms with E-state index in [2.05, 4.69) is 57.6 Å². The fourth-order valence-electron chi connectivity index (χ4n) is 6.60. The van der Waals surface area contributed by atoms with Gasteiger partial charge in [-0.05, 0) is 60.1 Å². The van der Waals surface area contributed by atoms with Gasteiger partial charge in [0.2, 0.25) is 5.91 Å². The highest BCUT2D eigenvalue weighted by molar-refractivity contribution is 6.05. The molecule has 6 nitrogen and oxygen atoms in total. The van der Waals surface area contributed by atoms with Gasteiger partial charge >= 0.3 is 0 Å². The minimum absolute atomic E-state index is 0.00888. The molecule has 1 aromatic heterocycles. The van der Waals surface area contributed by atoms with Gasteiger partial charge in [0.05, 0.1) is 11.4 Å². The van der Waals surface area contributed by atoms with Gasteiger partial charge in [-0.3, -0.25) is 14.7 Å². The number of amides is 2. The van der Waals surface area contributed by atoms with E-state index in [9.17, 15) is 9.59 Å². The number of rotatable bonds is 3. The Morgan fingerprint density at radius 1 is 0.865 bits per heavy atom. The summed E-state index contributed by atoms with van der Waals surface area (Å²) in [5.41, 5.74) is 6.28. The molecular weight excluding hydrogens is 460 g/mol. The van der Waals surface area contributed by atoms with Crippen LogP contribution in [0.2, 0.25) is 0 Å². The van der Waals surface area contributed by atoms with Crippen molar-refractivity contribution in [3.05, 3.63) is 89.6 Å². The van der Waals surface area contributed by atoms with Gasteiger partial charge in [-0.2, -0.15) is 5.10 Å². The average Bonchev–Trinajstić information content (AvgIpc) is 3.56. The number of piperidine rings is 1. The molecule has 186 valence electrons. The van der Waals surface area contributed by atoms with Crippen LogP contribution < -0.4 is 0 Å². The Kier molecular flexibility index (Phi) is 5.17. The summed E-state index contributed by atoms with van der Waals surface area (Å²) in [6.45, 7) is 3.06. The first-order chi connectivity index (χ1) is 18.1. The van der Waals surface area contributed by atoms with E-state index in [1.807, 2.05) is 35.2 Å². The van der Waals surface area contributed by atoms with Gasteiger partial charge in [0, 0.05) is 37.0 Å². The lowest BCUT2D eigenvalue weighted by atomic mass is 9.71. The van der Waals surface area contributed by atoms with Crippen LogP contribution in [0.25, 0.3) is 22.0 Å². The molecule has 3 aliphatic rings. The normalized spacial score (nSPS) is 20.2. The van der Waals surface area contributed by atoms with Gasteiger partial charge in [-0.25, -0.2) is 0 Å². The SMILES string of the molecule is O=C(c1n[nH]c2cc(-c3ccccc3)ccc12)N1CC2(CCN(C(=O)C3CCc4ccccc43)CC2)C1. The first kappa shape index (κ1) is 22.3. The van der Waals surface area contributed by atoms with Gasteiger partial charge in [-0.15, -0.1) is 0 Å². The molecule has 1 N–H and O–H groups in total. The van der Waals surface area contributed by atoms with E-state index in [1.165, 1.54) is 11.1 Å². The van der Waals surface area contributed by atoms with Crippen molar-refractivity contribution in [3.8, 4) is 11.1 Å². The van der Waals surface area contributed by atoms with Crippen molar-refractivity contribution in [3.63, 3.8) is 0 Å². The quantitative estimate of drug-likeness (QED) is 0.438. The van der Waals surface area contributed by atoms with Crippen molar-refractivity contribution < 1.29 is 9.59 Å². The van der Waals surface area contributed by atoms with Crippen LogP contribution in [0.15, 0.2) is 72.8 Å². The fourth-order valence-corrected chi connectivity index (χ4v) is 6.60. The smallest absolute Gasteiger partial charge is 0.275 e. The van der Waals surface area contributed by atoms with Crippen molar-refractivity contribution in [1.29, 1.82) is 0 Å². The molecule has 2 fully saturated rings. The number of nitrogens with one attached hydrogen (secondary N) is 1. The lowest BCUT2D eigenvalue weighted by Gasteiger charge is -2.54. The summed E-state index contributed by atoms with van der Waals surface area (Å²) in [6, 6.07) is 24.7. The molecule has 3 heterocycles. The molecule has 3 aromatic carbocycles. The van der Waals surface area contributed by atoms with Crippen molar-refractivity contribution in [2.24, 2.45) is 5.41 Å². The molecule has 7 rings (SSSR count). The number of aryl methyl sites for hydroxylation is 1. The number of H-pyrrole nitrogens is 1. The summed E-state index contributed by atoms with van der Waals surface area (Å²) >= 11 is 0. The standard InChI is InChI=1S/C31H30N4O2/c36-29(25-12-10-22-8-4-5-9-24(22)25)34-16-14-31(15-17-34)19-35(20-31)30(37)28-26-13-11-23(18-27(26)32-33-28)21-6-2-1-3-7-21/h1-9,11,13,18,25H,10,12,14-17,19-20H2,(H,32,33). The number of benzene rings is 3. The predicted molar refractivity (Wildman–Crippen MR) is 143 cm³/mol. The average molecular weight is 491 g/mol. The molecule has 0 radical (unpaired) electrons. The molecule has 4 aromatic rings. The van der Waals surface area contributed by atoms with E-state index in [0.717, 1.165) is 73.9 Å². The summed E-state index contributed by atoms with van der Waals surface area (Å²) in [6.07, 6.45) is 3.83. The van der Waals surface area contributed by atoms with E-state index in [-0.39, 0.29) is 23.1 Å². The first-order valence-corrected chi connectivity index (χ1v) is 13.3. The van der Waals surface area contributed by atoms with E-state index in [4.69, 9.17) is 0 Å². The Labute approximate surface area is 216 Å². The zero-order valence-corrected chi connectivity index (χ0v) is 20.8. The molecule has 6 heteroatoms. The predicted octanol–water partition coefficient (Wildman–Crippen LogP) is 5.02. The maximum atomic E-state index is 13.3. The highest BCUT2D eigenvalue weighted by Crippen LogP contribution is 2.43. The maximum absolute atomic E-state index is 13.3. The molecule has 37 heavy (non-hydrogen) atoms. The topological polar surface area (TPSA) is 69.3 Å². The van der Waals surface area contributed by atoms with Crippen LogP contribution in [0.3, 0.4) is 0 Å². The van der Waals surface area contributed by atoms with Crippen LogP contribution in [-0.4, -0.2) is 58.0 Å². The summed E-state index contributed by atoms with van der Waals surface area (Å²) in [4.78, 5) is 30.6. The van der Waals surface area contributed by atoms with E-state index in [0.29, 0.717) is 5.69 Å². The van der Waals surface area contributed by atoms with Crippen LogP contribution in [0.1, 0.15) is 46.8 Å². The molecule has 2 saturated heterocycles. The molecular formula is C31H30N4O2. The van der Waals surface area contributed by atoms with Gasteiger partial charge < -0.3 is 9.80 Å². The maximum Gasteiger partial charge on any atom is 0.275 e. The van der Waals surface area contributed by atoms with Crippen LogP contribution >= 0.6 is 0 Å². The first-order valence-electron chi connectivity index (χ1n) is 13.3. The Hall–Kier alpha value is -3.93. The number of aromatic nitrogens is 2. The monoisotopic (exact) mass is 490 g/mol. The molecule has 0 bridgehead atoms. The van der Waals surface area contributed by atoms with Crippen molar-refractivity contribution in [2.45, 2.75) is 31.6 Å². The van der Waals surface area contributed by atoms with Crippen LogP contribution in [0.5, 0.6) is 0 Å². The number of hydrogen-bond donors (Lipinski definition) is 1. The number of fused-ring (bicyclic) bond motifs is 2. The second-order valence-electron chi connectivity index (χ2n) is 11.0. The van der Waals surface area contributed by atoms with Crippen molar-refractivity contribution in [1.82, 2.24) is 20.0 Å². The summed E-state index contributed by atoms with van der Waals surface area (Å²) < 4.78 is 0. The molecule has 2 aliphatic heterocycles. The number of carbonyl (C=O) groups is 2. The van der Waals surface area contributed by atoms with E-state index >= 15 is 0 Å². The van der Waals surface area contributed by atoms with Crippen LogP contribution in [-0.2, 0) is 11.2 Å². The fraction of sp³-hybridized carbons (Fsp3) is 0.323. The zero-order chi connectivity index (χ0) is 25.0. The van der Waals surface area contributed by atoms with Gasteiger partial charge in [0.15, 0.2) is 5.69 Å². The second-order valence-corrected chi connectivity index (χ2v) is 11.0. The summed E-state index contributed by atoms with van der Waals surface area (Å²) in [5.74, 6) is 0.287. The lowest BCUT2D eigenvalue weighted by molar-refractivity contribution is -0.137. The third kappa shape index (κ3) is 3.74. The highest BCUT2D eigenvalue weighted by Gasteiger charge is 2.48. The molecule has 1 atom stereocenters. The van der Waals surface area contributed by atoms with Crippen LogP contribution in [0.4, 0.5) is 0 Å². The number of nitrogens with zero attached hydrogens (tertiary/aromatic N) is 3. The van der Waals surface area contributed by atoms with Crippen molar-refractivity contribution in [2.75, 3.05) is 26.2 Å². The van der Waals surface area contributed by atoms with Crippen molar-refractivity contribution >= 4 is 22.7 Å². The van der Waals surface area contributed by atoms with Gasteiger partial charge in [-0.1, -0.05) is 60.7 Å². The minimum atomic E-state index is -0.00888. The molecule has 1 aliphatic carbocycles. The second kappa shape index (κ2) is 8.58. The van der Waals surface area contributed by atoms with Crippen LogP contribution in [0, 0.1) is 5.41 Å². The zero-order valence-electron chi connectivity index (χ0n) is 20.8. The Bertz CT molecular complexity index is 1490. The number of aromatic amines is 1. The Morgan fingerprint density at radius 2 is 1.62 bits per heavy atom. The molecule has 1 unspecified atom stereocenters. The number of hydrogen-bond acceptors (Lipinski definition) is 3.